The van der Waals surface area contributed by atoms with E-state index in [2.05, 4.69) is 20.8 Å². The van der Waals surface area contributed by atoms with Gasteiger partial charge in [0.25, 0.3) is 0 Å². The Hall–Kier alpha value is 0.500. The molecule has 76 valence electrons. The third kappa shape index (κ3) is 2.05. The van der Waals surface area contributed by atoms with Crippen LogP contribution in [-0.4, -0.2) is 11.1 Å². The van der Waals surface area contributed by atoms with E-state index in [1.54, 1.807) is 0 Å². The molecule has 4 N–H and O–H groups in total. The summed E-state index contributed by atoms with van der Waals surface area (Å²) in [5.41, 5.74) is 11.8. The first-order valence-corrected chi connectivity index (χ1v) is 3.96. The van der Waals surface area contributed by atoms with Gasteiger partial charge in [0.05, 0.1) is 0 Å². The first-order chi connectivity index (χ1) is 4.38. The summed E-state index contributed by atoms with van der Waals surface area (Å²) in [6.45, 7) is 6.29. The van der Waals surface area contributed by atoms with Crippen LogP contribution in [0.2, 0.25) is 0 Å². The summed E-state index contributed by atoms with van der Waals surface area (Å²) in [6.07, 6.45) is 2.22. The van der Waals surface area contributed by atoms with Crippen LogP contribution in [0.15, 0.2) is 0 Å². The van der Waals surface area contributed by atoms with Gasteiger partial charge in [-0.25, -0.2) is 0 Å². The number of hydrogen-bond donors (Lipinski definition) is 2. The van der Waals surface area contributed by atoms with Gasteiger partial charge in [0.15, 0.2) is 0 Å². The number of hydrogen-bond acceptors (Lipinski definition) is 2. The summed E-state index contributed by atoms with van der Waals surface area (Å²) in [4.78, 5) is 0. The van der Waals surface area contributed by atoms with E-state index in [9.17, 15) is 0 Å². The molecule has 0 aromatic heterocycles. The molecule has 0 saturated heterocycles. The molecule has 3 atom stereocenters. The van der Waals surface area contributed by atoms with E-state index in [1.165, 1.54) is 6.42 Å². The van der Waals surface area contributed by atoms with Gasteiger partial charge in [0, 0.05) is 11.1 Å². The Morgan fingerprint density at radius 1 is 1.17 bits per heavy atom. The first kappa shape index (κ1) is 15.0. The number of nitrogens with two attached hydrogens (primary N) is 2. The molecule has 1 rings (SSSR count). The molecule has 3 unspecified atom stereocenters. The number of halogens is 2. The Kier molecular flexibility index (Phi) is 5.17. The topological polar surface area (TPSA) is 52.0 Å². The van der Waals surface area contributed by atoms with Crippen molar-refractivity contribution in [2.24, 2.45) is 17.4 Å². The van der Waals surface area contributed by atoms with Crippen molar-refractivity contribution in [1.82, 2.24) is 0 Å². The average Bonchev–Trinajstić information content (AvgIpc) is 1.94. The Morgan fingerprint density at radius 2 is 1.58 bits per heavy atom. The molecule has 4 heteroatoms. The fraction of sp³-hybridized carbons (Fsp3) is 1.00. The molecule has 1 aliphatic carbocycles. The second kappa shape index (κ2) is 4.14. The van der Waals surface area contributed by atoms with Crippen LogP contribution in [0, 0.1) is 5.92 Å². The van der Waals surface area contributed by atoms with Crippen molar-refractivity contribution in [1.29, 1.82) is 0 Å². The summed E-state index contributed by atoms with van der Waals surface area (Å²) in [7, 11) is 0. The minimum Gasteiger partial charge on any atom is -0.324 e. The Morgan fingerprint density at radius 3 is 1.67 bits per heavy atom. The molecule has 1 aliphatic rings. The second-order valence-corrected chi connectivity index (χ2v) is 4.14. The SMILES string of the molecule is CC1CCC(C)(N)C1(C)N.Cl.Cl. The molecule has 0 spiro atoms. The Balaban J connectivity index is 0. The Bertz CT molecular complexity index is 146. The maximum atomic E-state index is 6.07. The summed E-state index contributed by atoms with van der Waals surface area (Å²) in [5, 5.41) is 0. The summed E-state index contributed by atoms with van der Waals surface area (Å²) in [6, 6.07) is 0. The van der Waals surface area contributed by atoms with Crippen molar-refractivity contribution < 1.29 is 0 Å². The highest BCUT2D eigenvalue weighted by Gasteiger charge is 2.47. The van der Waals surface area contributed by atoms with E-state index in [-0.39, 0.29) is 35.9 Å². The molecule has 0 aromatic carbocycles. The lowest BCUT2D eigenvalue weighted by atomic mass is 9.80. The molecule has 0 aliphatic heterocycles. The van der Waals surface area contributed by atoms with Crippen molar-refractivity contribution in [3.63, 3.8) is 0 Å². The van der Waals surface area contributed by atoms with Crippen molar-refractivity contribution >= 4 is 24.8 Å². The van der Waals surface area contributed by atoms with Gasteiger partial charge < -0.3 is 11.5 Å². The van der Waals surface area contributed by atoms with Crippen molar-refractivity contribution in [3.8, 4) is 0 Å². The van der Waals surface area contributed by atoms with Crippen LogP contribution in [0.1, 0.15) is 33.6 Å². The van der Waals surface area contributed by atoms with Crippen LogP contribution in [-0.2, 0) is 0 Å². The molecule has 0 radical (unpaired) electrons. The molecule has 0 bridgehead atoms. The standard InChI is InChI=1S/C8H18N2.2ClH/c1-6-4-5-7(2,9)8(6,3)10;;/h6H,4-5,9-10H2,1-3H3;2*1H. The third-order valence-corrected chi connectivity index (χ3v) is 3.35. The molecule has 0 amide bonds. The van der Waals surface area contributed by atoms with Crippen molar-refractivity contribution in [2.75, 3.05) is 0 Å². The van der Waals surface area contributed by atoms with Gasteiger partial charge in [-0.15, -0.1) is 24.8 Å². The van der Waals surface area contributed by atoms with E-state index in [0.717, 1.165) is 6.42 Å². The molecule has 1 saturated carbocycles. The maximum Gasteiger partial charge on any atom is 0.0331 e. The fourth-order valence-electron chi connectivity index (χ4n) is 1.65. The van der Waals surface area contributed by atoms with Gasteiger partial charge >= 0.3 is 0 Å². The fourth-order valence-corrected chi connectivity index (χ4v) is 1.65. The minimum absolute atomic E-state index is 0. The maximum absolute atomic E-state index is 6.07. The lowest BCUT2D eigenvalue weighted by Crippen LogP contribution is -2.61. The first-order valence-electron chi connectivity index (χ1n) is 3.96. The van der Waals surface area contributed by atoms with Gasteiger partial charge in [-0.3, -0.25) is 0 Å². The van der Waals surface area contributed by atoms with E-state index in [4.69, 9.17) is 11.5 Å². The Labute approximate surface area is 87.3 Å². The summed E-state index contributed by atoms with van der Waals surface area (Å²) >= 11 is 0. The van der Waals surface area contributed by atoms with Gasteiger partial charge in [-0.2, -0.15) is 0 Å². The second-order valence-electron chi connectivity index (χ2n) is 4.14. The van der Waals surface area contributed by atoms with Gasteiger partial charge in [-0.05, 0) is 32.6 Å². The molecule has 2 nitrogen and oxygen atoms in total. The zero-order chi connectivity index (χ0) is 7.99. The molecule has 0 aromatic rings. The van der Waals surface area contributed by atoms with Crippen LogP contribution in [0.4, 0.5) is 0 Å². The van der Waals surface area contributed by atoms with E-state index in [1.807, 2.05) is 0 Å². The predicted octanol–water partition coefficient (Wildman–Crippen LogP) is 1.69. The highest BCUT2D eigenvalue weighted by molar-refractivity contribution is 5.85. The largest absolute Gasteiger partial charge is 0.324 e. The van der Waals surface area contributed by atoms with Crippen LogP contribution < -0.4 is 11.5 Å². The highest BCUT2D eigenvalue weighted by Crippen LogP contribution is 2.39. The van der Waals surface area contributed by atoms with Crippen LogP contribution in [0.5, 0.6) is 0 Å². The molecule has 0 heterocycles. The average molecular weight is 215 g/mol. The molecule has 1 fully saturated rings. The van der Waals surface area contributed by atoms with E-state index in [0.29, 0.717) is 5.92 Å². The molecular weight excluding hydrogens is 195 g/mol. The molecular formula is C8H20Cl2N2. The van der Waals surface area contributed by atoms with Gasteiger partial charge in [0.1, 0.15) is 0 Å². The monoisotopic (exact) mass is 214 g/mol. The minimum atomic E-state index is -0.174. The van der Waals surface area contributed by atoms with E-state index >= 15 is 0 Å². The van der Waals surface area contributed by atoms with Gasteiger partial charge in [-0.1, -0.05) is 6.92 Å². The quantitative estimate of drug-likeness (QED) is 0.646. The highest BCUT2D eigenvalue weighted by atomic mass is 35.5. The van der Waals surface area contributed by atoms with Crippen molar-refractivity contribution in [2.45, 2.75) is 44.7 Å². The smallest absolute Gasteiger partial charge is 0.0331 e. The predicted molar refractivity (Wildman–Crippen MR) is 58.1 cm³/mol. The summed E-state index contributed by atoms with van der Waals surface area (Å²) in [5.74, 6) is 0.558. The normalized spacial score (nSPS) is 46.2. The van der Waals surface area contributed by atoms with Crippen molar-refractivity contribution in [3.05, 3.63) is 0 Å². The lowest BCUT2D eigenvalue weighted by molar-refractivity contribution is 0.259. The molecule has 12 heavy (non-hydrogen) atoms. The summed E-state index contributed by atoms with van der Waals surface area (Å²) < 4.78 is 0. The zero-order valence-electron chi connectivity index (χ0n) is 7.96. The number of rotatable bonds is 0. The third-order valence-electron chi connectivity index (χ3n) is 3.35. The van der Waals surface area contributed by atoms with Gasteiger partial charge in [0.2, 0.25) is 0 Å². The lowest BCUT2D eigenvalue weighted by Gasteiger charge is -2.37. The van der Waals surface area contributed by atoms with E-state index < -0.39 is 0 Å². The van der Waals surface area contributed by atoms with Crippen LogP contribution in [0.25, 0.3) is 0 Å². The van der Waals surface area contributed by atoms with Crippen LogP contribution >= 0.6 is 24.8 Å². The zero-order valence-corrected chi connectivity index (χ0v) is 9.60. The van der Waals surface area contributed by atoms with Crippen LogP contribution in [0.3, 0.4) is 0 Å².